The Bertz CT molecular complexity index is 1470. The number of hydrogen-bond donors (Lipinski definition) is 1. The number of carbonyl (C=O) groups is 1. The minimum Gasteiger partial charge on any atom is -0.361 e. The van der Waals surface area contributed by atoms with Gasteiger partial charge in [-0.1, -0.05) is 24.3 Å². The zero-order valence-electron chi connectivity index (χ0n) is 22.0. The number of para-hydroxylation sites is 1. The summed E-state index contributed by atoms with van der Waals surface area (Å²) in [6.45, 7) is 1.79. The van der Waals surface area contributed by atoms with Crippen LogP contribution in [0.1, 0.15) is 39.0 Å². The Hall–Kier alpha value is -3.86. The molecular weight excluding hydrogens is 546 g/mol. The zero-order chi connectivity index (χ0) is 29.2. The number of nitrogens with one attached hydrogen (secondary N) is 1. The first-order valence-corrected chi connectivity index (χ1v) is 13.3. The molecule has 0 radical (unpaired) electrons. The molecular formula is C30H28F6N4O. The van der Waals surface area contributed by atoms with E-state index in [1.807, 2.05) is 42.6 Å². The summed E-state index contributed by atoms with van der Waals surface area (Å²) in [5, 5.41) is 0.951. The lowest BCUT2D eigenvalue weighted by Crippen LogP contribution is -2.56. The van der Waals surface area contributed by atoms with Crippen molar-refractivity contribution in [3.8, 4) is 0 Å². The molecule has 0 bridgehead atoms. The topological polar surface area (TPSA) is 52.2 Å². The van der Waals surface area contributed by atoms with Crippen molar-refractivity contribution in [3.05, 3.63) is 101 Å². The molecule has 0 unspecified atom stereocenters. The number of benzene rings is 2. The second kappa shape index (κ2) is 11.6. The van der Waals surface area contributed by atoms with Gasteiger partial charge in [-0.2, -0.15) is 26.3 Å². The molecule has 3 heterocycles. The number of aryl methyl sites for hydroxylation is 1. The van der Waals surface area contributed by atoms with E-state index in [0.717, 1.165) is 41.4 Å². The van der Waals surface area contributed by atoms with Gasteiger partial charge in [0.1, 0.15) is 0 Å². The highest BCUT2D eigenvalue weighted by atomic mass is 19.4. The van der Waals surface area contributed by atoms with Crippen molar-refractivity contribution in [2.75, 3.05) is 26.2 Å². The van der Waals surface area contributed by atoms with E-state index in [2.05, 4.69) is 14.9 Å². The first kappa shape index (κ1) is 28.7. The fourth-order valence-electron chi connectivity index (χ4n) is 5.42. The molecule has 1 saturated heterocycles. The Morgan fingerprint density at radius 3 is 2.37 bits per heavy atom. The van der Waals surface area contributed by atoms with Gasteiger partial charge in [-0.3, -0.25) is 14.7 Å². The molecule has 1 N–H and O–H groups in total. The molecule has 11 heteroatoms. The quantitative estimate of drug-likeness (QED) is 0.253. The molecule has 41 heavy (non-hydrogen) atoms. The van der Waals surface area contributed by atoms with Crippen LogP contribution in [0.25, 0.3) is 10.9 Å². The molecule has 1 aliphatic heterocycles. The van der Waals surface area contributed by atoms with Crippen molar-refractivity contribution < 1.29 is 31.1 Å². The SMILES string of the molecule is O=C(c1cc(C(F)(F)F)cc(C(F)(F)F)c1)N1CCN(CCCc2cccnc2)C[C@H]1Cc1c[nH]c2ccccc12. The van der Waals surface area contributed by atoms with Gasteiger partial charge in [-0.25, -0.2) is 0 Å². The molecule has 5 rings (SSSR count). The van der Waals surface area contributed by atoms with Gasteiger partial charge in [0, 0.05) is 60.7 Å². The summed E-state index contributed by atoms with van der Waals surface area (Å²) in [4.78, 5) is 24.6. The minimum atomic E-state index is -5.04. The van der Waals surface area contributed by atoms with E-state index in [1.165, 1.54) is 4.90 Å². The smallest absolute Gasteiger partial charge is 0.361 e. The van der Waals surface area contributed by atoms with Crippen molar-refractivity contribution in [2.24, 2.45) is 0 Å². The van der Waals surface area contributed by atoms with E-state index in [4.69, 9.17) is 0 Å². The maximum Gasteiger partial charge on any atom is 0.416 e. The number of H-pyrrole nitrogens is 1. The lowest BCUT2D eigenvalue weighted by atomic mass is 9.98. The van der Waals surface area contributed by atoms with Gasteiger partial charge >= 0.3 is 12.4 Å². The summed E-state index contributed by atoms with van der Waals surface area (Å²) in [6.07, 6.45) is -2.69. The Morgan fingerprint density at radius 2 is 1.68 bits per heavy atom. The molecule has 2 aromatic carbocycles. The van der Waals surface area contributed by atoms with E-state index in [0.29, 0.717) is 31.6 Å². The lowest BCUT2D eigenvalue weighted by Gasteiger charge is -2.42. The van der Waals surface area contributed by atoms with Gasteiger partial charge in [0.05, 0.1) is 11.1 Å². The Morgan fingerprint density at radius 1 is 0.951 bits per heavy atom. The molecule has 4 aromatic rings. The number of amides is 1. The number of aromatic amines is 1. The van der Waals surface area contributed by atoms with Crippen molar-refractivity contribution in [1.82, 2.24) is 19.8 Å². The summed E-state index contributed by atoms with van der Waals surface area (Å²) >= 11 is 0. The number of piperazine rings is 1. The number of fused-ring (bicyclic) bond motifs is 1. The maximum atomic E-state index is 13.6. The van der Waals surface area contributed by atoms with Crippen molar-refractivity contribution in [2.45, 2.75) is 37.7 Å². The first-order valence-electron chi connectivity index (χ1n) is 13.3. The fourth-order valence-corrected chi connectivity index (χ4v) is 5.42. The Labute approximate surface area is 232 Å². The van der Waals surface area contributed by atoms with Gasteiger partial charge in [0.15, 0.2) is 0 Å². The van der Waals surface area contributed by atoms with Crippen LogP contribution in [0.15, 0.2) is 73.2 Å². The fraction of sp³-hybridized carbons (Fsp3) is 0.333. The number of halogens is 6. The predicted octanol–water partition coefficient (Wildman–Crippen LogP) is 6.60. The van der Waals surface area contributed by atoms with E-state index >= 15 is 0 Å². The van der Waals surface area contributed by atoms with Crippen LogP contribution in [-0.2, 0) is 25.2 Å². The lowest BCUT2D eigenvalue weighted by molar-refractivity contribution is -0.143. The minimum absolute atomic E-state index is 0.0421. The molecule has 1 fully saturated rings. The summed E-state index contributed by atoms with van der Waals surface area (Å²) in [7, 11) is 0. The standard InChI is InChI=1S/C30H28F6N4O/c31-29(32,33)23-13-21(14-24(16-23)30(34,35)36)28(41)40-12-11-39(10-4-6-20-5-3-9-37-17-20)19-25(40)15-22-18-38-27-8-2-1-7-26(22)27/h1-3,5,7-9,13-14,16-18,25,38H,4,6,10-12,15,19H2/t25-/m1/s1. The number of rotatable bonds is 7. The number of carbonyl (C=O) groups excluding carboxylic acids is 1. The molecule has 5 nitrogen and oxygen atoms in total. The third-order valence-electron chi connectivity index (χ3n) is 7.46. The molecule has 0 spiro atoms. The van der Waals surface area contributed by atoms with E-state index < -0.39 is 41.0 Å². The van der Waals surface area contributed by atoms with E-state index in [9.17, 15) is 31.1 Å². The second-order valence-electron chi connectivity index (χ2n) is 10.3. The average Bonchev–Trinajstić information content (AvgIpc) is 3.35. The molecule has 1 amide bonds. The van der Waals surface area contributed by atoms with Crippen LogP contribution in [-0.4, -0.2) is 57.9 Å². The average molecular weight is 575 g/mol. The van der Waals surface area contributed by atoms with Crippen LogP contribution in [0, 0.1) is 0 Å². The third-order valence-corrected chi connectivity index (χ3v) is 7.46. The molecule has 2 aromatic heterocycles. The van der Waals surface area contributed by atoms with Crippen LogP contribution < -0.4 is 0 Å². The van der Waals surface area contributed by atoms with Crippen LogP contribution in [0.2, 0.25) is 0 Å². The third kappa shape index (κ3) is 6.73. The summed E-state index contributed by atoms with van der Waals surface area (Å²) in [5.41, 5.74) is -0.712. The van der Waals surface area contributed by atoms with Gasteiger partial charge in [-0.15, -0.1) is 0 Å². The number of alkyl halides is 6. The first-order chi connectivity index (χ1) is 19.5. The highest BCUT2D eigenvalue weighted by molar-refractivity contribution is 5.95. The largest absolute Gasteiger partial charge is 0.416 e. The molecule has 0 saturated carbocycles. The number of hydrogen-bond acceptors (Lipinski definition) is 3. The monoisotopic (exact) mass is 574 g/mol. The van der Waals surface area contributed by atoms with Gasteiger partial charge in [0.2, 0.25) is 0 Å². The Balaban J connectivity index is 1.41. The van der Waals surface area contributed by atoms with Crippen molar-refractivity contribution >= 4 is 16.8 Å². The Kier molecular flexibility index (Phi) is 8.08. The van der Waals surface area contributed by atoms with Gasteiger partial charge < -0.3 is 9.88 Å². The van der Waals surface area contributed by atoms with Gasteiger partial charge in [0.25, 0.3) is 5.91 Å². The number of aromatic nitrogens is 2. The highest BCUT2D eigenvalue weighted by Crippen LogP contribution is 2.37. The molecule has 216 valence electrons. The van der Waals surface area contributed by atoms with E-state index in [1.54, 1.807) is 12.4 Å². The van der Waals surface area contributed by atoms with Crippen LogP contribution >= 0.6 is 0 Å². The number of nitrogens with zero attached hydrogens (tertiary/aromatic N) is 3. The molecule has 1 aliphatic rings. The molecule has 0 aliphatic carbocycles. The van der Waals surface area contributed by atoms with E-state index in [-0.39, 0.29) is 12.6 Å². The van der Waals surface area contributed by atoms with Crippen molar-refractivity contribution in [3.63, 3.8) is 0 Å². The van der Waals surface area contributed by atoms with Gasteiger partial charge in [-0.05, 0) is 67.3 Å². The summed E-state index contributed by atoms with van der Waals surface area (Å²) in [5.74, 6) is -0.846. The summed E-state index contributed by atoms with van der Waals surface area (Å²) < 4.78 is 81.0. The number of pyridine rings is 1. The molecule has 1 atom stereocenters. The van der Waals surface area contributed by atoms with Crippen LogP contribution in [0.5, 0.6) is 0 Å². The second-order valence-corrected chi connectivity index (χ2v) is 10.3. The van der Waals surface area contributed by atoms with Crippen molar-refractivity contribution in [1.29, 1.82) is 0 Å². The normalized spacial score (nSPS) is 16.8. The van der Waals surface area contributed by atoms with Crippen LogP contribution in [0.3, 0.4) is 0 Å². The predicted molar refractivity (Wildman–Crippen MR) is 142 cm³/mol. The van der Waals surface area contributed by atoms with Crippen LogP contribution in [0.4, 0.5) is 26.3 Å². The zero-order valence-corrected chi connectivity index (χ0v) is 22.0. The highest BCUT2D eigenvalue weighted by Gasteiger charge is 2.39. The maximum absolute atomic E-state index is 13.6. The summed E-state index contributed by atoms with van der Waals surface area (Å²) in [6, 6.07) is 12.1.